The maximum absolute atomic E-state index is 11.8. The van der Waals surface area contributed by atoms with E-state index >= 15 is 0 Å². The fourth-order valence-electron chi connectivity index (χ4n) is 1.83. The summed E-state index contributed by atoms with van der Waals surface area (Å²) in [6.45, 7) is 8.52. The number of hydrogen-bond acceptors (Lipinski definition) is 2. The van der Waals surface area contributed by atoms with E-state index in [2.05, 4.69) is 19.2 Å². The van der Waals surface area contributed by atoms with Gasteiger partial charge in [0.05, 0.1) is 6.10 Å². The second-order valence-corrected chi connectivity index (χ2v) is 5.52. The normalized spacial score (nSPS) is 14.4. The molecule has 0 aromatic carbocycles. The van der Waals surface area contributed by atoms with Crippen molar-refractivity contribution in [3.05, 3.63) is 24.0 Å². The lowest BCUT2D eigenvalue weighted by Gasteiger charge is -2.17. The first-order valence-electron chi connectivity index (χ1n) is 7.07. The minimum Gasteiger partial charge on any atom is -0.388 e. The van der Waals surface area contributed by atoms with Crippen LogP contribution in [0.2, 0.25) is 0 Å². The highest BCUT2D eigenvalue weighted by molar-refractivity contribution is 5.76. The van der Waals surface area contributed by atoms with Gasteiger partial charge in [-0.25, -0.2) is 0 Å². The number of nitrogens with zero attached hydrogens (tertiary/aromatic N) is 1. The molecular formula is C15H26N2O2. The summed E-state index contributed by atoms with van der Waals surface area (Å²) in [7, 11) is 0. The second kappa shape index (κ2) is 7.34. The molecule has 1 rings (SSSR count). The standard InChI is InChI=1S/C15H26N2O2/c1-5-6-14(18)13-7-8-17(9-13)10-15(19)16-12(4)11(2)3/h7-9,11-12,14,18H,5-6,10H2,1-4H3,(H,16,19). The number of aromatic nitrogens is 1. The van der Waals surface area contributed by atoms with Gasteiger partial charge < -0.3 is 15.0 Å². The van der Waals surface area contributed by atoms with Crippen LogP contribution in [-0.4, -0.2) is 21.6 Å². The summed E-state index contributed by atoms with van der Waals surface area (Å²) in [5.41, 5.74) is 0.881. The highest BCUT2D eigenvalue weighted by Gasteiger charge is 2.12. The molecule has 0 bridgehead atoms. The molecule has 0 aliphatic rings. The molecule has 1 aromatic rings. The predicted octanol–water partition coefficient (Wildman–Crippen LogP) is 2.48. The van der Waals surface area contributed by atoms with Crippen molar-refractivity contribution in [1.29, 1.82) is 0 Å². The van der Waals surface area contributed by atoms with Crippen molar-refractivity contribution in [3.8, 4) is 0 Å². The Morgan fingerprint density at radius 1 is 1.42 bits per heavy atom. The largest absolute Gasteiger partial charge is 0.388 e. The Hall–Kier alpha value is -1.29. The Bertz CT molecular complexity index is 399. The molecule has 0 saturated heterocycles. The fourth-order valence-corrected chi connectivity index (χ4v) is 1.83. The minimum atomic E-state index is -0.427. The van der Waals surface area contributed by atoms with Gasteiger partial charge in [-0.15, -0.1) is 0 Å². The maximum atomic E-state index is 11.8. The van der Waals surface area contributed by atoms with Gasteiger partial charge in [0.2, 0.25) is 5.91 Å². The quantitative estimate of drug-likeness (QED) is 0.796. The average molecular weight is 266 g/mol. The van der Waals surface area contributed by atoms with Crippen LogP contribution in [0.1, 0.15) is 52.2 Å². The zero-order valence-corrected chi connectivity index (χ0v) is 12.4. The van der Waals surface area contributed by atoms with Crippen LogP contribution in [-0.2, 0) is 11.3 Å². The summed E-state index contributed by atoms with van der Waals surface area (Å²) in [6, 6.07) is 2.05. The van der Waals surface area contributed by atoms with Crippen LogP contribution >= 0.6 is 0 Å². The Balaban J connectivity index is 2.51. The SMILES string of the molecule is CCCC(O)c1ccn(CC(=O)NC(C)C(C)C)c1. The predicted molar refractivity (Wildman–Crippen MR) is 76.7 cm³/mol. The van der Waals surface area contributed by atoms with E-state index in [1.165, 1.54) is 0 Å². The first-order valence-corrected chi connectivity index (χ1v) is 7.07. The van der Waals surface area contributed by atoms with E-state index < -0.39 is 6.10 Å². The smallest absolute Gasteiger partial charge is 0.240 e. The Labute approximate surface area is 115 Å². The van der Waals surface area contributed by atoms with Crippen LogP contribution in [0.3, 0.4) is 0 Å². The van der Waals surface area contributed by atoms with E-state index in [1.54, 1.807) is 0 Å². The van der Waals surface area contributed by atoms with E-state index in [-0.39, 0.29) is 11.9 Å². The Morgan fingerprint density at radius 3 is 2.68 bits per heavy atom. The van der Waals surface area contributed by atoms with Crippen LogP contribution in [0, 0.1) is 5.92 Å². The van der Waals surface area contributed by atoms with Crippen molar-refractivity contribution in [3.63, 3.8) is 0 Å². The molecule has 1 amide bonds. The monoisotopic (exact) mass is 266 g/mol. The molecular weight excluding hydrogens is 240 g/mol. The zero-order chi connectivity index (χ0) is 14.4. The lowest BCUT2D eigenvalue weighted by Crippen LogP contribution is -2.37. The minimum absolute atomic E-state index is 0.00771. The van der Waals surface area contributed by atoms with Gasteiger partial charge >= 0.3 is 0 Å². The highest BCUT2D eigenvalue weighted by atomic mass is 16.3. The lowest BCUT2D eigenvalue weighted by atomic mass is 10.1. The van der Waals surface area contributed by atoms with E-state index in [1.807, 2.05) is 36.9 Å². The van der Waals surface area contributed by atoms with Crippen LogP contribution in [0.15, 0.2) is 18.5 Å². The van der Waals surface area contributed by atoms with Crippen molar-refractivity contribution in [2.24, 2.45) is 5.92 Å². The lowest BCUT2D eigenvalue weighted by molar-refractivity contribution is -0.122. The summed E-state index contributed by atoms with van der Waals surface area (Å²) >= 11 is 0. The third-order valence-electron chi connectivity index (χ3n) is 3.44. The van der Waals surface area contributed by atoms with Gasteiger partial charge in [0.25, 0.3) is 0 Å². The Morgan fingerprint density at radius 2 is 2.11 bits per heavy atom. The molecule has 4 heteroatoms. The molecule has 1 heterocycles. The summed E-state index contributed by atoms with van der Waals surface area (Å²) in [5.74, 6) is 0.434. The van der Waals surface area contributed by atoms with Gasteiger partial charge in [-0.05, 0) is 30.9 Å². The molecule has 19 heavy (non-hydrogen) atoms. The van der Waals surface area contributed by atoms with Crippen molar-refractivity contribution in [1.82, 2.24) is 9.88 Å². The topological polar surface area (TPSA) is 54.3 Å². The third kappa shape index (κ3) is 5.07. The van der Waals surface area contributed by atoms with Crippen LogP contribution in [0.4, 0.5) is 0 Å². The van der Waals surface area contributed by atoms with Crippen LogP contribution in [0.5, 0.6) is 0 Å². The number of rotatable bonds is 7. The van der Waals surface area contributed by atoms with E-state index in [0.717, 1.165) is 18.4 Å². The van der Waals surface area contributed by atoms with Crippen molar-refractivity contribution >= 4 is 5.91 Å². The molecule has 0 spiro atoms. The number of amides is 1. The number of carbonyl (C=O) groups is 1. The summed E-state index contributed by atoms with van der Waals surface area (Å²) < 4.78 is 1.82. The number of hydrogen-bond donors (Lipinski definition) is 2. The second-order valence-electron chi connectivity index (χ2n) is 5.52. The molecule has 0 aliphatic carbocycles. The van der Waals surface area contributed by atoms with Gasteiger partial charge in [-0.2, -0.15) is 0 Å². The molecule has 2 atom stereocenters. The maximum Gasteiger partial charge on any atom is 0.240 e. The molecule has 1 aromatic heterocycles. The first kappa shape index (κ1) is 15.8. The number of nitrogens with one attached hydrogen (secondary N) is 1. The molecule has 0 radical (unpaired) electrons. The van der Waals surface area contributed by atoms with Crippen molar-refractivity contribution in [2.45, 2.75) is 59.2 Å². The first-order chi connectivity index (χ1) is 8.93. The molecule has 2 N–H and O–H groups in total. The molecule has 0 saturated carbocycles. The number of aliphatic hydroxyl groups excluding tert-OH is 1. The van der Waals surface area contributed by atoms with Crippen LogP contribution in [0.25, 0.3) is 0 Å². The average Bonchev–Trinajstić information content (AvgIpc) is 2.77. The van der Waals surface area contributed by atoms with Gasteiger partial charge in [0.1, 0.15) is 6.54 Å². The Kier molecular flexibility index (Phi) is 6.09. The van der Waals surface area contributed by atoms with E-state index in [9.17, 15) is 9.90 Å². The molecule has 108 valence electrons. The van der Waals surface area contributed by atoms with Crippen molar-refractivity contribution in [2.75, 3.05) is 0 Å². The molecule has 0 fully saturated rings. The van der Waals surface area contributed by atoms with Gasteiger partial charge in [-0.1, -0.05) is 27.2 Å². The van der Waals surface area contributed by atoms with Crippen LogP contribution < -0.4 is 5.32 Å². The molecule has 2 unspecified atom stereocenters. The summed E-state index contributed by atoms with van der Waals surface area (Å²) in [4.78, 5) is 11.8. The van der Waals surface area contributed by atoms with Gasteiger partial charge in [-0.3, -0.25) is 4.79 Å². The van der Waals surface area contributed by atoms with Crippen molar-refractivity contribution < 1.29 is 9.90 Å². The summed E-state index contributed by atoms with van der Waals surface area (Å²) in [6.07, 6.45) is 4.96. The van der Waals surface area contributed by atoms with Gasteiger partial charge in [0.15, 0.2) is 0 Å². The zero-order valence-electron chi connectivity index (χ0n) is 12.4. The van der Waals surface area contributed by atoms with E-state index in [0.29, 0.717) is 12.5 Å². The third-order valence-corrected chi connectivity index (χ3v) is 3.44. The number of aliphatic hydroxyl groups is 1. The fraction of sp³-hybridized carbons (Fsp3) is 0.667. The molecule has 4 nitrogen and oxygen atoms in total. The van der Waals surface area contributed by atoms with E-state index in [4.69, 9.17) is 0 Å². The molecule has 0 aliphatic heterocycles. The van der Waals surface area contributed by atoms with Gasteiger partial charge in [0, 0.05) is 18.4 Å². The number of carbonyl (C=O) groups excluding carboxylic acids is 1. The summed E-state index contributed by atoms with van der Waals surface area (Å²) in [5, 5.41) is 12.8. The highest BCUT2D eigenvalue weighted by Crippen LogP contribution is 2.18.